The van der Waals surface area contributed by atoms with Crippen LogP contribution in [-0.2, 0) is 9.59 Å². The molecule has 1 aliphatic heterocycles. The van der Waals surface area contributed by atoms with E-state index in [-0.39, 0.29) is 18.4 Å². The van der Waals surface area contributed by atoms with Gasteiger partial charge in [0.05, 0.1) is 23.5 Å². The highest BCUT2D eigenvalue weighted by molar-refractivity contribution is 8.00. The number of nitrogens with zero attached hydrogens (tertiary/aromatic N) is 2. The minimum atomic E-state index is -0.191. The van der Waals surface area contributed by atoms with Crippen molar-refractivity contribution < 1.29 is 9.59 Å². The minimum absolute atomic E-state index is 0.0198. The van der Waals surface area contributed by atoms with Crippen LogP contribution in [0.5, 0.6) is 0 Å². The Balaban J connectivity index is 1.87. The SMILES string of the molecule is O=C(CN1CSCC1=O)Nc1cccnc1. The number of nitrogens with one attached hydrogen (secondary N) is 1. The number of rotatable bonds is 3. The maximum atomic E-state index is 11.6. The predicted octanol–water partition coefficient (Wildman–Crippen LogP) is 0.553. The van der Waals surface area contributed by atoms with Crippen LogP contribution in [0.1, 0.15) is 0 Å². The molecule has 0 saturated carbocycles. The van der Waals surface area contributed by atoms with E-state index in [2.05, 4.69) is 10.3 Å². The zero-order valence-electron chi connectivity index (χ0n) is 8.55. The Morgan fingerprint density at radius 2 is 2.50 bits per heavy atom. The highest BCUT2D eigenvalue weighted by atomic mass is 32.2. The quantitative estimate of drug-likeness (QED) is 0.834. The highest BCUT2D eigenvalue weighted by Crippen LogP contribution is 2.14. The lowest BCUT2D eigenvalue weighted by atomic mass is 10.4. The second kappa shape index (κ2) is 4.98. The van der Waals surface area contributed by atoms with Gasteiger partial charge in [0, 0.05) is 6.20 Å². The van der Waals surface area contributed by atoms with Crippen LogP contribution in [0.4, 0.5) is 5.69 Å². The van der Waals surface area contributed by atoms with Crippen molar-refractivity contribution in [1.82, 2.24) is 9.88 Å². The summed E-state index contributed by atoms with van der Waals surface area (Å²) < 4.78 is 0. The molecular formula is C10H11N3O2S. The van der Waals surface area contributed by atoms with Crippen LogP contribution in [0.25, 0.3) is 0 Å². The number of hydrogen-bond acceptors (Lipinski definition) is 4. The van der Waals surface area contributed by atoms with E-state index in [4.69, 9.17) is 0 Å². The third-order valence-electron chi connectivity index (χ3n) is 2.11. The zero-order valence-corrected chi connectivity index (χ0v) is 9.37. The zero-order chi connectivity index (χ0) is 11.4. The van der Waals surface area contributed by atoms with E-state index in [1.54, 1.807) is 24.5 Å². The van der Waals surface area contributed by atoms with Crippen molar-refractivity contribution >= 4 is 29.3 Å². The predicted molar refractivity (Wildman–Crippen MR) is 61.9 cm³/mol. The molecule has 0 atom stereocenters. The van der Waals surface area contributed by atoms with Gasteiger partial charge in [-0.05, 0) is 12.1 Å². The number of carbonyl (C=O) groups excluding carboxylic acids is 2. The van der Waals surface area contributed by atoms with Crippen LogP contribution in [0.15, 0.2) is 24.5 Å². The molecule has 0 spiro atoms. The smallest absolute Gasteiger partial charge is 0.244 e. The molecule has 1 fully saturated rings. The van der Waals surface area contributed by atoms with E-state index in [1.807, 2.05) is 0 Å². The summed E-state index contributed by atoms with van der Waals surface area (Å²) in [5.74, 6) is 0.898. The normalized spacial score (nSPS) is 15.2. The van der Waals surface area contributed by atoms with Gasteiger partial charge in [0.15, 0.2) is 0 Å². The van der Waals surface area contributed by atoms with E-state index in [9.17, 15) is 9.59 Å². The Morgan fingerprint density at radius 1 is 1.62 bits per heavy atom. The van der Waals surface area contributed by atoms with Crippen LogP contribution < -0.4 is 5.32 Å². The molecule has 1 N–H and O–H groups in total. The summed E-state index contributed by atoms with van der Waals surface area (Å²) >= 11 is 1.52. The molecule has 1 saturated heterocycles. The molecule has 2 rings (SSSR count). The number of pyridine rings is 1. The first kappa shape index (κ1) is 10.9. The Bertz CT molecular complexity index is 396. The molecule has 16 heavy (non-hydrogen) atoms. The molecule has 1 aromatic heterocycles. The standard InChI is InChI=1S/C10H11N3O2S/c14-9(5-13-7-16-6-10(13)15)12-8-2-1-3-11-4-8/h1-4H,5-7H2,(H,12,14). The Labute approximate surface area is 97.2 Å². The summed E-state index contributed by atoms with van der Waals surface area (Å²) in [6.45, 7) is 0.112. The summed E-state index contributed by atoms with van der Waals surface area (Å²) in [6, 6.07) is 3.50. The Morgan fingerprint density at radius 3 is 3.12 bits per heavy atom. The number of aromatic nitrogens is 1. The van der Waals surface area contributed by atoms with Crippen molar-refractivity contribution in [2.24, 2.45) is 0 Å². The molecule has 0 aliphatic carbocycles. The fourth-order valence-corrected chi connectivity index (χ4v) is 2.25. The summed E-state index contributed by atoms with van der Waals surface area (Å²) in [5.41, 5.74) is 0.645. The van der Waals surface area contributed by atoms with Crippen LogP contribution in [0.2, 0.25) is 0 Å². The molecule has 2 amide bonds. The number of amides is 2. The van der Waals surface area contributed by atoms with Gasteiger partial charge in [0.25, 0.3) is 0 Å². The first-order valence-corrected chi connectivity index (χ1v) is 5.96. The second-order valence-corrected chi connectivity index (χ2v) is 4.31. The molecule has 0 aromatic carbocycles. The topological polar surface area (TPSA) is 62.3 Å². The van der Waals surface area contributed by atoms with Gasteiger partial charge in [0.2, 0.25) is 11.8 Å². The molecule has 2 heterocycles. The van der Waals surface area contributed by atoms with Crippen molar-refractivity contribution in [3.8, 4) is 0 Å². The van der Waals surface area contributed by atoms with E-state index < -0.39 is 0 Å². The van der Waals surface area contributed by atoms with Crippen LogP contribution >= 0.6 is 11.8 Å². The molecule has 5 nitrogen and oxygen atoms in total. The molecular weight excluding hydrogens is 226 g/mol. The molecule has 0 bridgehead atoms. The van der Waals surface area contributed by atoms with Gasteiger partial charge in [-0.25, -0.2) is 0 Å². The van der Waals surface area contributed by atoms with E-state index in [0.29, 0.717) is 17.3 Å². The Kier molecular flexibility index (Phi) is 3.40. The van der Waals surface area contributed by atoms with Gasteiger partial charge in [-0.15, -0.1) is 11.8 Å². The minimum Gasteiger partial charge on any atom is -0.323 e. The highest BCUT2D eigenvalue weighted by Gasteiger charge is 2.22. The maximum absolute atomic E-state index is 11.6. The van der Waals surface area contributed by atoms with Gasteiger partial charge < -0.3 is 10.2 Å². The third kappa shape index (κ3) is 2.73. The monoisotopic (exact) mass is 237 g/mol. The van der Waals surface area contributed by atoms with Crippen LogP contribution in [0.3, 0.4) is 0 Å². The average Bonchev–Trinajstić information content (AvgIpc) is 2.66. The van der Waals surface area contributed by atoms with E-state index in [1.165, 1.54) is 16.7 Å². The van der Waals surface area contributed by atoms with Gasteiger partial charge >= 0.3 is 0 Å². The van der Waals surface area contributed by atoms with Gasteiger partial charge in [-0.1, -0.05) is 0 Å². The first-order chi connectivity index (χ1) is 7.75. The van der Waals surface area contributed by atoms with Gasteiger partial charge in [-0.3, -0.25) is 14.6 Å². The van der Waals surface area contributed by atoms with E-state index >= 15 is 0 Å². The lowest BCUT2D eigenvalue weighted by molar-refractivity contribution is -0.130. The molecule has 1 aromatic rings. The van der Waals surface area contributed by atoms with E-state index in [0.717, 1.165) is 0 Å². The van der Waals surface area contributed by atoms with Crippen molar-refractivity contribution in [3.63, 3.8) is 0 Å². The lowest BCUT2D eigenvalue weighted by Gasteiger charge is -2.13. The molecule has 0 radical (unpaired) electrons. The summed E-state index contributed by atoms with van der Waals surface area (Å²) in [5, 5.41) is 2.68. The maximum Gasteiger partial charge on any atom is 0.244 e. The fourth-order valence-electron chi connectivity index (χ4n) is 1.35. The summed E-state index contributed by atoms with van der Waals surface area (Å²) in [7, 11) is 0. The van der Waals surface area contributed by atoms with Crippen molar-refractivity contribution in [1.29, 1.82) is 0 Å². The molecule has 1 aliphatic rings. The number of anilines is 1. The second-order valence-electron chi connectivity index (χ2n) is 3.36. The first-order valence-electron chi connectivity index (χ1n) is 4.81. The van der Waals surface area contributed by atoms with Gasteiger partial charge in [-0.2, -0.15) is 0 Å². The largest absolute Gasteiger partial charge is 0.323 e. The number of carbonyl (C=O) groups is 2. The fraction of sp³-hybridized carbons (Fsp3) is 0.300. The molecule has 84 valence electrons. The van der Waals surface area contributed by atoms with Crippen molar-refractivity contribution in [3.05, 3.63) is 24.5 Å². The van der Waals surface area contributed by atoms with Crippen molar-refractivity contribution in [2.75, 3.05) is 23.5 Å². The average molecular weight is 237 g/mol. The Hall–Kier alpha value is -1.56. The van der Waals surface area contributed by atoms with Gasteiger partial charge in [0.1, 0.15) is 6.54 Å². The summed E-state index contributed by atoms with van der Waals surface area (Å²) in [4.78, 5) is 28.3. The number of hydrogen-bond donors (Lipinski definition) is 1. The summed E-state index contributed by atoms with van der Waals surface area (Å²) in [6.07, 6.45) is 3.20. The van der Waals surface area contributed by atoms with Crippen molar-refractivity contribution in [2.45, 2.75) is 0 Å². The van der Waals surface area contributed by atoms with Crippen LogP contribution in [0, 0.1) is 0 Å². The lowest BCUT2D eigenvalue weighted by Crippen LogP contribution is -2.34. The third-order valence-corrected chi connectivity index (χ3v) is 3.05. The number of thioether (sulfide) groups is 1. The molecule has 6 heteroatoms. The molecule has 0 unspecified atom stereocenters. The van der Waals surface area contributed by atoms with Crippen LogP contribution in [-0.4, -0.2) is 39.9 Å².